The molecule has 84 valence electrons. The van der Waals surface area contributed by atoms with Crippen molar-refractivity contribution in [3.63, 3.8) is 0 Å². The Labute approximate surface area is 96.4 Å². The number of nitrogens with zero attached hydrogens (tertiary/aromatic N) is 1. The second-order valence-electron chi connectivity index (χ2n) is 3.02. The summed E-state index contributed by atoms with van der Waals surface area (Å²) in [6.45, 7) is 2.87. The van der Waals surface area contributed by atoms with Gasteiger partial charge in [0.05, 0.1) is 12.3 Å². The lowest BCUT2D eigenvalue weighted by atomic mass is 10.1. The fourth-order valence-electron chi connectivity index (χ4n) is 1.22. The van der Waals surface area contributed by atoms with Crippen LogP contribution in [0.5, 0.6) is 0 Å². The highest BCUT2D eigenvalue weighted by molar-refractivity contribution is 9.10. The minimum Gasteiger partial charge on any atom is -0.388 e. The standard InChI is InChI=1S/C10H13BrFNO2/c1-2-15-4-3-9(14)10-7(11)5-13-6-8(10)12/h5-6,9,14H,2-4H2,1H3. The first kappa shape index (κ1) is 12.5. The van der Waals surface area contributed by atoms with Crippen molar-refractivity contribution < 1.29 is 14.2 Å². The van der Waals surface area contributed by atoms with Crippen LogP contribution in [0.15, 0.2) is 16.9 Å². The summed E-state index contributed by atoms with van der Waals surface area (Å²) in [6, 6.07) is 0. The zero-order valence-corrected chi connectivity index (χ0v) is 10.00. The summed E-state index contributed by atoms with van der Waals surface area (Å²) < 4.78 is 18.9. The van der Waals surface area contributed by atoms with Crippen LogP contribution in [-0.2, 0) is 4.74 Å². The quantitative estimate of drug-likeness (QED) is 0.841. The number of aliphatic hydroxyl groups is 1. The van der Waals surface area contributed by atoms with Crippen LogP contribution in [-0.4, -0.2) is 23.3 Å². The molecule has 0 saturated carbocycles. The van der Waals surface area contributed by atoms with Crippen LogP contribution in [0.4, 0.5) is 4.39 Å². The third-order valence-corrected chi connectivity index (χ3v) is 2.60. The smallest absolute Gasteiger partial charge is 0.148 e. The molecule has 0 aliphatic rings. The molecule has 0 aliphatic heterocycles. The van der Waals surface area contributed by atoms with Gasteiger partial charge in [-0.25, -0.2) is 4.39 Å². The number of aliphatic hydroxyl groups excluding tert-OH is 1. The molecule has 1 atom stereocenters. The van der Waals surface area contributed by atoms with Crippen molar-refractivity contribution in [3.8, 4) is 0 Å². The van der Waals surface area contributed by atoms with E-state index in [9.17, 15) is 9.50 Å². The molecule has 1 aromatic heterocycles. The van der Waals surface area contributed by atoms with E-state index in [1.54, 1.807) is 0 Å². The Morgan fingerprint density at radius 3 is 2.93 bits per heavy atom. The summed E-state index contributed by atoms with van der Waals surface area (Å²) in [5, 5.41) is 9.73. The van der Waals surface area contributed by atoms with Gasteiger partial charge in [0, 0.05) is 35.9 Å². The van der Waals surface area contributed by atoms with Gasteiger partial charge >= 0.3 is 0 Å². The molecule has 0 radical (unpaired) electrons. The van der Waals surface area contributed by atoms with E-state index in [1.165, 1.54) is 6.20 Å². The molecule has 1 rings (SSSR count). The molecule has 0 aromatic carbocycles. The fraction of sp³-hybridized carbons (Fsp3) is 0.500. The fourth-order valence-corrected chi connectivity index (χ4v) is 1.80. The average Bonchev–Trinajstić information content (AvgIpc) is 2.18. The number of rotatable bonds is 5. The Morgan fingerprint density at radius 1 is 1.60 bits per heavy atom. The molecule has 0 bridgehead atoms. The van der Waals surface area contributed by atoms with Crippen LogP contribution in [0.1, 0.15) is 25.0 Å². The average molecular weight is 278 g/mol. The first-order valence-corrected chi connectivity index (χ1v) is 5.50. The normalized spacial score (nSPS) is 12.8. The molecule has 0 saturated heterocycles. The number of hydrogen-bond donors (Lipinski definition) is 1. The van der Waals surface area contributed by atoms with Crippen LogP contribution in [0.3, 0.4) is 0 Å². The maximum absolute atomic E-state index is 13.3. The summed E-state index contributed by atoms with van der Waals surface area (Å²) in [5.74, 6) is -0.506. The predicted octanol–water partition coefficient (Wildman–Crippen LogP) is 2.44. The van der Waals surface area contributed by atoms with Crippen LogP contribution in [0.25, 0.3) is 0 Å². The van der Waals surface area contributed by atoms with Crippen molar-refractivity contribution in [2.75, 3.05) is 13.2 Å². The number of pyridine rings is 1. The van der Waals surface area contributed by atoms with E-state index < -0.39 is 11.9 Å². The van der Waals surface area contributed by atoms with Crippen molar-refractivity contribution in [1.29, 1.82) is 0 Å². The Morgan fingerprint density at radius 2 is 2.33 bits per heavy atom. The SMILES string of the molecule is CCOCCC(O)c1c(F)cncc1Br. The van der Waals surface area contributed by atoms with E-state index in [4.69, 9.17) is 4.74 Å². The summed E-state index contributed by atoms with van der Waals surface area (Å²) in [4.78, 5) is 3.66. The largest absolute Gasteiger partial charge is 0.388 e. The second-order valence-corrected chi connectivity index (χ2v) is 3.87. The summed E-state index contributed by atoms with van der Waals surface area (Å²) in [5.41, 5.74) is 0.240. The van der Waals surface area contributed by atoms with E-state index in [2.05, 4.69) is 20.9 Å². The van der Waals surface area contributed by atoms with E-state index in [-0.39, 0.29) is 5.56 Å². The monoisotopic (exact) mass is 277 g/mol. The first-order chi connectivity index (χ1) is 7.16. The van der Waals surface area contributed by atoms with Gasteiger partial charge in [0.25, 0.3) is 0 Å². The Balaban J connectivity index is 2.68. The predicted molar refractivity (Wildman–Crippen MR) is 58.0 cm³/mol. The van der Waals surface area contributed by atoms with Gasteiger partial charge in [-0.05, 0) is 22.9 Å². The molecule has 15 heavy (non-hydrogen) atoms. The summed E-state index contributed by atoms with van der Waals surface area (Å²) >= 11 is 3.15. The summed E-state index contributed by atoms with van der Waals surface area (Å²) in [6.07, 6.45) is 2.05. The zero-order chi connectivity index (χ0) is 11.3. The number of aromatic nitrogens is 1. The minimum atomic E-state index is -0.867. The molecule has 0 fully saturated rings. The van der Waals surface area contributed by atoms with Crippen molar-refractivity contribution in [1.82, 2.24) is 4.98 Å². The van der Waals surface area contributed by atoms with Gasteiger partial charge < -0.3 is 9.84 Å². The van der Waals surface area contributed by atoms with Crippen LogP contribution in [0, 0.1) is 5.82 Å². The van der Waals surface area contributed by atoms with E-state index in [0.29, 0.717) is 24.1 Å². The molecule has 3 nitrogen and oxygen atoms in total. The van der Waals surface area contributed by atoms with Crippen molar-refractivity contribution >= 4 is 15.9 Å². The molecule has 0 aliphatic carbocycles. The van der Waals surface area contributed by atoms with Crippen LogP contribution in [0.2, 0.25) is 0 Å². The maximum Gasteiger partial charge on any atom is 0.148 e. The molecule has 0 amide bonds. The number of hydrogen-bond acceptors (Lipinski definition) is 3. The van der Waals surface area contributed by atoms with E-state index in [1.807, 2.05) is 6.92 Å². The van der Waals surface area contributed by atoms with Crippen molar-refractivity contribution in [2.45, 2.75) is 19.4 Å². The summed E-state index contributed by atoms with van der Waals surface area (Å²) in [7, 11) is 0. The number of ether oxygens (including phenoxy) is 1. The van der Waals surface area contributed by atoms with Crippen LogP contribution < -0.4 is 0 Å². The second kappa shape index (κ2) is 6.15. The van der Waals surface area contributed by atoms with Crippen molar-refractivity contribution in [2.24, 2.45) is 0 Å². The van der Waals surface area contributed by atoms with Gasteiger partial charge in [-0.1, -0.05) is 0 Å². The van der Waals surface area contributed by atoms with Gasteiger partial charge in [-0.3, -0.25) is 4.98 Å². The highest BCUT2D eigenvalue weighted by Crippen LogP contribution is 2.27. The Hall–Kier alpha value is -0.520. The van der Waals surface area contributed by atoms with Gasteiger partial charge in [-0.2, -0.15) is 0 Å². The Kier molecular flexibility index (Phi) is 5.14. The van der Waals surface area contributed by atoms with E-state index >= 15 is 0 Å². The third-order valence-electron chi connectivity index (χ3n) is 1.96. The van der Waals surface area contributed by atoms with Gasteiger partial charge in [0.2, 0.25) is 0 Å². The molecule has 5 heteroatoms. The first-order valence-electron chi connectivity index (χ1n) is 4.71. The van der Waals surface area contributed by atoms with Gasteiger partial charge in [0.1, 0.15) is 5.82 Å². The third kappa shape index (κ3) is 3.52. The Bertz CT molecular complexity index is 302. The number of halogens is 2. The highest BCUT2D eigenvalue weighted by atomic mass is 79.9. The van der Waals surface area contributed by atoms with Gasteiger partial charge in [-0.15, -0.1) is 0 Å². The maximum atomic E-state index is 13.3. The van der Waals surface area contributed by atoms with E-state index in [0.717, 1.165) is 6.20 Å². The molecule has 1 unspecified atom stereocenters. The van der Waals surface area contributed by atoms with Crippen molar-refractivity contribution in [3.05, 3.63) is 28.2 Å². The highest BCUT2D eigenvalue weighted by Gasteiger charge is 2.16. The lowest BCUT2D eigenvalue weighted by molar-refractivity contribution is 0.0864. The molecule has 1 aromatic rings. The zero-order valence-electron chi connectivity index (χ0n) is 8.41. The molecular formula is C10H13BrFNO2. The van der Waals surface area contributed by atoms with Gasteiger partial charge in [0.15, 0.2) is 0 Å². The topological polar surface area (TPSA) is 42.4 Å². The minimum absolute atomic E-state index is 0.240. The van der Waals surface area contributed by atoms with Crippen LogP contribution >= 0.6 is 15.9 Å². The molecule has 1 heterocycles. The molecule has 1 N–H and O–H groups in total. The molecular weight excluding hydrogens is 265 g/mol. The molecule has 0 spiro atoms. The lowest BCUT2D eigenvalue weighted by Crippen LogP contribution is -2.06. The lowest BCUT2D eigenvalue weighted by Gasteiger charge is -2.13.